The minimum Gasteiger partial charge on any atom is -0.368 e. The molecule has 0 spiro atoms. The summed E-state index contributed by atoms with van der Waals surface area (Å²) in [6.07, 6.45) is 4.19. The van der Waals surface area contributed by atoms with Crippen molar-refractivity contribution >= 4 is 17.5 Å². The normalized spacial score (nSPS) is 10.1. The third-order valence-corrected chi connectivity index (χ3v) is 1.86. The van der Waals surface area contributed by atoms with Crippen LogP contribution in [-0.4, -0.2) is 37.0 Å². The predicted molar refractivity (Wildman–Crippen MR) is 55.8 cm³/mol. The number of amides is 2. The summed E-state index contributed by atoms with van der Waals surface area (Å²) in [6, 6.07) is 0. The highest BCUT2D eigenvalue weighted by Crippen LogP contribution is 2.06. The average Bonchev–Trinajstić information content (AvgIpc) is 2.87. The van der Waals surface area contributed by atoms with Gasteiger partial charge in [0.25, 0.3) is 5.91 Å². The molecule has 0 fully saturated rings. The standard InChI is InChI=1S/C8H9N7O2/c9-7(16)4-15-3-5(1-11-15)12-8(17)6-2-10-14-13-6/h1-3H,4H2,(H2,9,16)(H,12,17)(H,10,13,14). The first-order valence-corrected chi connectivity index (χ1v) is 4.63. The average molecular weight is 235 g/mol. The van der Waals surface area contributed by atoms with Gasteiger partial charge in [-0.1, -0.05) is 0 Å². The van der Waals surface area contributed by atoms with Crippen molar-refractivity contribution in [2.24, 2.45) is 5.73 Å². The van der Waals surface area contributed by atoms with Crippen LogP contribution in [0.25, 0.3) is 0 Å². The van der Waals surface area contributed by atoms with E-state index < -0.39 is 11.8 Å². The van der Waals surface area contributed by atoms with Crippen LogP contribution < -0.4 is 11.1 Å². The number of aromatic amines is 1. The van der Waals surface area contributed by atoms with Crippen molar-refractivity contribution in [3.63, 3.8) is 0 Å². The molecule has 2 heterocycles. The van der Waals surface area contributed by atoms with Crippen LogP contribution in [0.1, 0.15) is 10.5 Å². The predicted octanol–water partition coefficient (Wildman–Crippen LogP) is -1.26. The molecule has 4 N–H and O–H groups in total. The van der Waals surface area contributed by atoms with E-state index in [0.717, 1.165) is 0 Å². The second kappa shape index (κ2) is 4.43. The zero-order valence-corrected chi connectivity index (χ0v) is 8.62. The number of carbonyl (C=O) groups is 2. The van der Waals surface area contributed by atoms with Crippen molar-refractivity contribution < 1.29 is 9.59 Å². The van der Waals surface area contributed by atoms with Crippen LogP contribution in [0.3, 0.4) is 0 Å². The van der Waals surface area contributed by atoms with Crippen LogP contribution in [0, 0.1) is 0 Å². The zero-order chi connectivity index (χ0) is 12.3. The molecule has 0 saturated heterocycles. The number of carbonyl (C=O) groups excluding carboxylic acids is 2. The van der Waals surface area contributed by atoms with Gasteiger partial charge in [0.05, 0.1) is 18.1 Å². The van der Waals surface area contributed by atoms with Gasteiger partial charge in [-0.25, -0.2) is 0 Å². The summed E-state index contributed by atoms with van der Waals surface area (Å²) >= 11 is 0. The molecule has 9 heteroatoms. The lowest BCUT2D eigenvalue weighted by Gasteiger charge is -1.97. The number of nitrogens with two attached hydrogens (primary N) is 1. The van der Waals surface area contributed by atoms with Gasteiger partial charge < -0.3 is 11.1 Å². The lowest BCUT2D eigenvalue weighted by Crippen LogP contribution is -2.18. The van der Waals surface area contributed by atoms with Gasteiger partial charge in [0, 0.05) is 6.20 Å². The fraction of sp³-hybridized carbons (Fsp3) is 0.125. The van der Waals surface area contributed by atoms with E-state index in [0.29, 0.717) is 5.69 Å². The van der Waals surface area contributed by atoms with Gasteiger partial charge in [0.1, 0.15) is 6.54 Å². The number of rotatable bonds is 4. The first-order chi connectivity index (χ1) is 8.15. The Morgan fingerprint density at radius 3 is 2.94 bits per heavy atom. The number of anilines is 1. The van der Waals surface area contributed by atoms with Gasteiger partial charge in [0.2, 0.25) is 5.91 Å². The summed E-state index contributed by atoms with van der Waals surface area (Å²) < 4.78 is 1.32. The summed E-state index contributed by atoms with van der Waals surface area (Å²) in [5.41, 5.74) is 5.61. The van der Waals surface area contributed by atoms with E-state index in [-0.39, 0.29) is 12.2 Å². The van der Waals surface area contributed by atoms with E-state index >= 15 is 0 Å². The molecule has 0 radical (unpaired) electrons. The van der Waals surface area contributed by atoms with Crippen LogP contribution in [0.15, 0.2) is 18.6 Å². The highest BCUT2D eigenvalue weighted by atomic mass is 16.2. The van der Waals surface area contributed by atoms with E-state index in [1.165, 1.54) is 23.3 Å². The molecule has 0 atom stereocenters. The Labute approximate surface area is 95.0 Å². The summed E-state index contributed by atoms with van der Waals surface area (Å²) in [6.45, 7) is -0.0418. The first kappa shape index (κ1) is 10.8. The first-order valence-electron chi connectivity index (χ1n) is 4.63. The maximum atomic E-state index is 11.5. The van der Waals surface area contributed by atoms with Crippen molar-refractivity contribution in [1.82, 2.24) is 25.2 Å². The van der Waals surface area contributed by atoms with Gasteiger partial charge in [-0.3, -0.25) is 14.3 Å². The van der Waals surface area contributed by atoms with Crippen LogP contribution in [0.5, 0.6) is 0 Å². The Balaban J connectivity index is 2.02. The molecule has 0 unspecified atom stereocenters. The molecule has 0 aliphatic rings. The van der Waals surface area contributed by atoms with Crippen LogP contribution in [0.4, 0.5) is 5.69 Å². The summed E-state index contributed by atoms with van der Waals surface area (Å²) in [5.74, 6) is -0.931. The fourth-order valence-electron chi connectivity index (χ4n) is 1.18. The van der Waals surface area contributed by atoms with Crippen LogP contribution in [0.2, 0.25) is 0 Å². The number of nitrogens with one attached hydrogen (secondary N) is 2. The number of hydrogen-bond donors (Lipinski definition) is 3. The number of primary amides is 1. The minimum atomic E-state index is -0.512. The Morgan fingerprint density at radius 2 is 2.29 bits per heavy atom. The largest absolute Gasteiger partial charge is 0.368 e. The Bertz CT molecular complexity index is 530. The molecular weight excluding hydrogens is 226 g/mol. The maximum absolute atomic E-state index is 11.5. The zero-order valence-electron chi connectivity index (χ0n) is 8.62. The Kier molecular flexibility index (Phi) is 2.81. The van der Waals surface area contributed by atoms with Crippen molar-refractivity contribution in [2.45, 2.75) is 6.54 Å². The molecule has 0 saturated carbocycles. The summed E-state index contributed by atoms with van der Waals surface area (Å²) in [7, 11) is 0. The molecule has 88 valence electrons. The highest BCUT2D eigenvalue weighted by molar-refractivity contribution is 6.02. The molecule has 0 bridgehead atoms. The Hall–Kier alpha value is -2.71. The van der Waals surface area contributed by atoms with E-state index in [1.807, 2.05) is 0 Å². The monoisotopic (exact) mass is 235 g/mol. The summed E-state index contributed by atoms with van der Waals surface area (Å²) in [4.78, 5) is 22.2. The number of nitrogens with zero attached hydrogens (tertiary/aromatic N) is 4. The highest BCUT2D eigenvalue weighted by Gasteiger charge is 2.10. The summed E-state index contributed by atoms with van der Waals surface area (Å²) in [5, 5.41) is 15.8. The lowest BCUT2D eigenvalue weighted by molar-refractivity contribution is -0.118. The molecule has 0 aliphatic carbocycles. The molecule has 2 aromatic heterocycles. The molecule has 0 aliphatic heterocycles. The quantitative estimate of drug-likeness (QED) is 0.608. The van der Waals surface area contributed by atoms with Crippen molar-refractivity contribution in [3.05, 3.63) is 24.3 Å². The second-order valence-corrected chi connectivity index (χ2v) is 3.20. The van der Waals surface area contributed by atoms with E-state index in [1.54, 1.807) is 0 Å². The minimum absolute atomic E-state index is 0.0418. The van der Waals surface area contributed by atoms with Gasteiger partial charge in [-0.2, -0.15) is 20.5 Å². The van der Waals surface area contributed by atoms with Crippen molar-refractivity contribution in [1.29, 1.82) is 0 Å². The lowest BCUT2D eigenvalue weighted by atomic mass is 10.4. The third-order valence-electron chi connectivity index (χ3n) is 1.86. The number of aromatic nitrogens is 5. The molecule has 2 aromatic rings. The Morgan fingerprint density at radius 1 is 1.47 bits per heavy atom. The van der Waals surface area contributed by atoms with Crippen molar-refractivity contribution in [3.8, 4) is 0 Å². The van der Waals surface area contributed by atoms with E-state index in [9.17, 15) is 9.59 Å². The second-order valence-electron chi connectivity index (χ2n) is 3.20. The van der Waals surface area contributed by atoms with Gasteiger partial charge in [-0.15, -0.1) is 0 Å². The van der Waals surface area contributed by atoms with Crippen LogP contribution >= 0.6 is 0 Å². The molecule has 2 amide bonds. The molecule has 9 nitrogen and oxygen atoms in total. The number of hydrogen-bond acceptors (Lipinski definition) is 5. The maximum Gasteiger partial charge on any atom is 0.277 e. The number of H-pyrrole nitrogens is 1. The molecular formula is C8H9N7O2. The van der Waals surface area contributed by atoms with Crippen molar-refractivity contribution in [2.75, 3.05) is 5.32 Å². The van der Waals surface area contributed by atoms with Gasteiger partial charge >= 0.3 is 0 Å². The van der Waals surface area contributed by atoms with Crippen LogP contribution in [-0.2, 0) is 11.3 Å². The molecule has 0 aromatic carbocycles. The SMILES string of the molecule is NC(=O)Cn1cc(NC(=O)c2cn[nH]n2)cn1. The smallest absolute Gasteiger partial charge is 0.277 e. The molecule has 2 rings (SSSR count). The topological polar surface area (TPSA) is 132 Å². The molecule has 17 heavy (non-hydrogen) atoms. The van der Waals surface area contributed by atoms with Gasteiger partial charge in [-0.05, 0) is 0 Å². The van der Waals surface area contributed by atoms with E-state index in [4.69, 9.17) is 5.73 Å². The fourth-order valence-corrected chi connectivity index (χ4v) is 1.18. The van der Waals surface area contributed by atoms with E-state index in [2.05, 4.69) is 25.8 Å². The third kappa shape index (κ3) is 2.65. The van der Waals surface area contributed by atoms with Gasteiger partial charge in [0.15, 0.2) is 5.69 Å².